The quantitative estimate of drug-likeness (QED) is 0.434. The first-order valence-corrected chi connectivity index (χ1v) is 8.15. The van der Waals surface area contributed by atoms with Gasteiger partial charge in [-0.1, -0.05) is 0 Å². The summed E-state index contributed by atoms with van der Waals surface area (Å²) in [5.41, 5.74) is 0. The molecule has 0 radical (unpaired) electrons. The lowest BCUT2D eigenvalue weighted by Crippen LogP contribution is -2.46. The smallest absolute Gasteiger partial charge is 0.406 e. The van der Waals surface area contributed by atoms with Gasteiger partial charge in [-0.3, -0.25) is 9.59 Å². The Kier molecular flexibility index (Phi) is 6.26. The lowest BCUT2D eigenvalue weighted by atomic mass is 9.97. The van der Waals surface area contributed by atoms with Crippen molar-refractivity contribution in [3.63, 3.8) is 0 Å². The number of carbonyl (C=O) groups is 2. The van der Waals surface area contributed by atoms with E-state index in [-0.39, 0.29) is 23.5 Å². The van der Waals surface area contributed by atoms with Crippen LogP contribution < -0.4 is 4.74 Å². The molecule has 1 aromatic rings. The van der Waals surface area contributed by atoms with Crippen molar-refractivity contribution in [2.45, 2.75) is 32.8 Å². The Hall–Kier alpha value is -2.71. The zero-order chi connectivity index (χ0) is 18.4. The predicted molar refractivity (Wildman–Crippen MR) is 86.9 cm³/mol. The first kappa shape index (κ1) is 18.6. The fraction of sp³-hybridized carbons (Fsp3) is 0.562. The molecule has 2 rings (SSSR count). The third-order valence-corrected chi connectivity index (χ3v) is 4.00. The fourth-order valence-corrected chi connectivity index (χ4v) is 2.70. The summed E-state index contributed by atoms with van der Waals surface area (Å²) in [5, 5.41) is 11.0. The second-order valence-corrected chi connectivity index (χ2v) is 5.69. The van der Waals surface area contributed by atoms with Crippen LogP contribution in [0.15, 0.2) is 18.3 Å². The van der Waals surface area contributed by atoms with Crippen molar-refractivity contribution in [1.82, 2.24) is 9.88 Å². The largest absolute Gasteiger partial charge is 0.473 e. The number of amides is 1. The van der Waals surface area contributed by atoms with Crippen LogP contribution >= 0.6 is 0 Å². The number of esters is 1. The summed E-state index contributed by atoms with van der Waals surface area (Å²) in [6.07, 6.45) is 1.47. The van der Waals surface area contributed by atoms with Crippen molar-refractivity contribution in [2.24, 2.45) is 5.92 Å². The minimum atomic E-state index is -0.887. The van der Waals surface area contributed by atoms with E-state index in [1.807, 2.05) is 0 Å². The predicted octanol–water partition coefficient (Wildman–Crippen LogP) is 1.56. The lowest BCUT2D eigenvalue weighted by molar-refractivity contribution is -0.390. The van der Waals surface area contributed by atoms with Gasteiger partial charge in [-0.25, -0.2) is 0 Å². The zero-order valence-corrected chi connectivity index (χ0v) is 14.2. The molecule has 0 bridgehead atoms. The van der Waals surface area contributed by atoms with Gasteiger partial charge < -0.3 is 24.5 Å². The van der Waals surface area contributed by atoms with Crippen molar-refractivity contribution >= 4 is 17.7 Å². The summed E-state index contributed by atoms with van der Waals surface area (Å²) >= 11 is 0. The number of piperidine rings is 1. The van der Waals surface area contributed by atoms with Gasteiger partial charge in [-0.05, 0) is 48.7 Å². The monoisotopic (exact) mass is 351 g/mol. The van der Waals surface area contributed by atoms with Crippen LogP contribution in [0.2, 0.25) is 0 Å². The second kappa shape index (κ2) is 8.41. The Morgan fingerprint density at radius 2 is 2.12 bits per heavy atom. The molecule has 1 aliphatic heterocycles. The van der Waals surface area contributed by atoms with E-state index < -0.39 is 16.8 Å². The third kappa shape index (κ3) is 4.65. The van der Waals surface area contributed by atoms with Crippen LogP contribution in [-0.4, -0.2) is 52.5 Å². The molecular weight excluding hydrogens is 330 g/mol. The number of hydrogen-bond donors (Lipinski definition) is 0. The van der Waals surface area contributed by atoms with E-state index in [9.17, 15) is 19.7 Å². The minimum absolute atomic E-state index is 0.0465. The van der Waals surface area contributed by atoms with E-state index in [1.165, 1.54) is 25.3 Å². The van der Waals surface area contributed by atoms with Gasteiger partial charge in [0.25, 0.3) is 5.91 Å². The molecule has 0 saturated carbocycles. The highest BCUT2D eigenvalue weighted by Crippen LogP contribution is 2.25. The highest BCUT2D eigenvalue weighted by molar-refractivity contribution is 5.81. The molecule has 0 N–H and O–H groups in total. The van der Waals surface area contributed by atoms with Gasteiger partial charge in [-0.15, -0.1) is 0 Å². The molecule has 1 saturated heterocycles. The summed E-state index contributed by atoms with van der Waals surface area (Å²) in [6.45, 7) is 4.48. The van der Waals surface area contributed by atoms with Crippen molar-refractivity contribution < 1.29 is 24.0 Å². The molecule has 2 heterocycles. The van der Waals surface area contributed by atoms with E-state index in [2.05, 4.69) is 4.98 Å². The number of pyridine rings is 1. The molecule has 9 nitrogen and oxygen atoms in total. The number of hydrogen-bond acceptors (Lipinski definition) is 7. The minimum Gasteiger partial charge on any atom is -0.473 e. The van der Waals surface area contributed by atoms with E-state index >= 15 is 0 Å². The maximum atomic E-state index is 12.5. The summed E-state index contributed by atoms with van der Waals surface area (Å²) < 4.78 is 10.4. The number of nitro groups is 1. The Labute approximate surface area is 145 Å². The van der Waals surface area contributed by atoms with Gasteiger partial charge in [0.05, 0.1) is 12.5 Å². The van der Waals surface area contributed by atoms with Crippen molar-refractivity contribution in [3.05, 3.63) is 28.4 Å². The molecule has 0 aliphatic carbocycles. The van der Waals surface area contributed by atoms with Crippen LogP contribution in [0.25, 0.3) is 0 Å². The summed E-state index contributed by atoms with van der Waals surface area (Å²) in [4.78, 5) is 39.8. The number of rotatable bonds is 6. The van der Waals surface area contributed by atoms with Gasteiger partial charge >= 0.3 is 11.8 Å². The van der Waals surface area contributed by atoms with Crippen molar-refractivity contribution in [1.29, 1.82) is 0 Å². The Bertz CT molecular complexity index is 643. The standard InChI is InChI=1S/C16H21N3O6/c1-3-24-16(21)12-6-9-18(10-7-12)15(20)11(2)25-13-5-4-8-17-14(13)19(22)23/h4-5,8,11-12H,3,6-7,9-10H2,1-2H3/t11-/m1/s1. The topological polar surface area (TPSA) is 112 Å². The summed E-state index contributed by atoms with van der Waals surface area (Å²) in [7, 11) is 0. The van der Waals surface area contributed by atoms with E-state index in [0.717, 1.165) is 0 Å². The van der Waals surface area contributed by atoms with Gasteiger partial charge in [0, 0.05) is 13.1 Å². The molecule has 1 amide bonds. The highest BCUT2D eigenvalue weighted by atomic mass is 16.6. The average molecular weight is 351 g/mol. The van der Waals surface area contributed by atoms with Crippen LogP contribution in [0.1, 0.15) is 26.7 Å². The van der Waals surface area contributed by atoms with E-state index in [4.69, 9.17) is 9.47 Å². The van der Waals surface area contributed by atoms with Gasteiger partial charge in [0.15, 0.2) is 6.10 Å². The number of ether oxygens (including phenoxy) is 2. The molecule has 1 fully saturated rings. The molecule has 0 aromatic carbocycles. The number of aromatic nitrogens is 1. The van der Waals surface area contributed by atoms with Crippen LogP contribution in [-0.2, 0) is 14.3 Å². The number of likely N-dealkylation sites (tertiary alicyclic amines) is 1. The van der Waals surface area contributed by atoms with Crippen molar-refractivity contribution in [3.8, 4) is 5.75 Å². The van der Waals surface area contributed by atoms with Gasteiger partial charge in [0.1, 0.15) is 6.20 Å². The Morgan fingerprint density at radius 1 is 1.44 bits per heavy atom. The second-order valence-electron chi connectivity index (χ2n) is 5.69. The normalized spacial score (nSPS) is 16.2. The van der Waals surface area contributed by atoms with Crippen LogP contribution in [0, 0.1) is 16.0 Å². The van der Waals surface area contributed by atoms with Crippen LogP contribution in [0.4, 0.5) is 5.82 Å². The fourth-order valence-electron chi connectivity index (χ4n) is 2.70. The number of carbonyl (C=O) groups excluding carboxylic acids is 2. The first-order valence-electron chi connectivity index (χ1n) is 8.15. The molecule has 136 valence electrons. The Morgan fingerprint density at radius 3 is 2.72 bits per heavy atom. The maximum absolute atomic E-state index is 12.5. The van der Waals surface area contributed by atoms with Gasteiger partial charge in [-0.2, -0.15) is 0 Å². The summed E-state index contributed by atoms with van der Waals surface area (Å²) in [6, 6.07) is 2.91. The molecule has 1 aromatic heterocycles. The highest BCUT2D eigenvalue weighted by Gasteiger charge is 2.31. The lowest BCUT2D eigenvalue weighted by Gasteiger charge is -2.32. The zero-order valence-electron chi connectivity index (χ0n) is 14.2. The summed E-state index contributed by atoms with van der Waals surface area (Å²) in [5.74, 6) is -1.18. The third-order valence-electron chi connectivity index (χ3n) is 4.00. The molecule has 9 heteroatoms. The van der Waals surface area contributed by atoms with Crippen LogP contribution in [0.3, 0.4) is 0 Å². The molecular formula is C16H21N3O6. The first-order chi connectivity index (χ1) is 11.9. The van der Waals surface area contributed by atoms with Gasteiger partial charge in [0.2, 0.25) is 5.75 Å². The maximum Gasteiger partial charge on any atom is 0.406 e. The SMILES string of the molecule is CCOC(=O)C1CCN(C(=O)[C@@H](C)Oc2cccnc2[N+](=O)[O-])CC1. The van der Waals surface area contributed by atoms with E-state index in [0.29, 0.717) is 32.5 Å². The number of nitrogens with zero attached hydrogens (tertiary/aromatic N) is 3. The molecule has 1 aliphatic rings. The van der Waals surface area contributed by atoms with Crippen molar-refractivity contribution in [2.75, 3.05) is 19.7 Å². The molecule has 0 spiro atoms. The molecule has 0 unspecified atom stereocenters. The average Bonchev–Trinajstić information content (AvgIpc) is 2.61. The van der Waals surface area contributed by atoms with E-state index in [1.54, 1.807) is 11.8 Å². The molecule has 25 heavy (non-hydrogen) atoms. The van der Waals surface area contributed by atoms with Crippen LogP contribution in [0.5, 0.6) is 5.75 Å². The molecule has 1 atom stereocenters. The Balaban J connectivity index is 1.93.